The number of rotatable bonds is 5. The summed E-state index contributed by atoms with van der Waals surface area (Å²) in [5.74, 6) is 0.937. The monoisotopic (exact) mass is 404 g/mol. The Hall–Kier alpha value is -2.13. The number of benzene rings is 2. The van der Waals surface area contributed by atoms with E-state index in [1.165, 1.54) is 48.2 Å². The van der Waals surface area contributed by atoms with Crippen LogP contribution in [-0.2, 0) is 24.2 Å². The second-order valence-corrected chi connectivity index (χ2v) is 9.87. The van der Waals surface area contributed by atoms with E-state index in [0.717, 1.165) is 25.8 Å². The molecule has 1 amide bonds. The largest absolute Gasteiger partial charge is 0.333 e. The SMILES string of the molecule is CN1CCC(c2cccc3c2CN(C(=O)CCCc2ccccc2)C(C)(C)C3)CC1. The zero-order valence-corrected chi connectivity index (χ0v) is 18.9. The number of hydrogen-bond donors (Lipinski definition) is 0. The van der Waals surface area contributed by atoms with Crippen LogP contribution in [0.3, 0.4) is 0 Å². The Labute approximate surface area is 182 Å². The van der Waals surface area contributed by atoms with Gasteiger partial charge < -0.3 is 9.80 Å². The molecule has 0 bridgehead atoms. The van der Waals surface area contributed by atoms with E-state index in [4.69, 9.17) is 0 Å². The van der Waals surface area contributed by atoms with Gasteiger partial charge in [-0.3, -0.25) is 4.79 Å². The molecule has 2 aromatic carbocycles. The summed E-state index contributed by atoms with van der Waals surface area (Å²) < 4.78 is 0. The molecule has 3 heteroatoms. The summed E-state index contributed by atoms with van der Waals surface area (Å²) in [6.07, 6.45) is 5.91. The number of nitrogens with zero attached hydrogens (tertiary/aromatic N) is 2. The number of aryl methyl sites for hydroxylation is 1. The Balaban J connectivity index is 1.48. The van der Waals surface area contributed by atoms with Crippen molar-refractivity contribution in [2.45, 2.75) is 70.4 Å². The average molecular weight is 405 g/mol. The number of fused-ring (bicyclic) bond motifs is 1. The third-order valence-electron chi connectivity index (χ3n) is 7.14. The maximum absolute atomic E-state index is 13.3. The molecule has 2 aliphatic rings. The van der Waals surface area contributed by atoms with E-state index in [9.17, 15) is 4.79 Å². The predicted octanol–water partition coefficient (Wildman–Crippen LogP) is 5.18. The van der Waals surface area contributed by atoms with Crippen LogP contribution in [0.5, 0.6) is 0 Å². The number of carbonyl (C=O) groups is 1. The summed E-state index contributed by atoms with van der Waals surface area (Å²) in [6, 6.07) is 17.3. The molecule has 0 spiro atoms. The van der Waals surface area contributed by atoms with E-state index in [2.05, 4.69) is 73.2 Å². The van der Waals surface area contributed by atoms with E-state index < -0.39 is 0 Å². The van der Waals surface area contributed by atoms with Crippen molar-refractivity contribution in [1.82, 2.24) is 9.80 Å². The van der Waals surface area contributed by atoms with Gasteiger partial charge in [0.2, 0.25) is 5.91 Å². The predicted molar refractivity (Wildman–Crippen MR) is 124 cm³/mol. The molecule has 4 rings (SSSR count). The molecule has 3 nitrogen and oxygen atoms in total. The molecule has 0 saturated carbocycles. The summed E-state index contributed by atoms with van der Waals surface area (Å²) in [5.41, 5.74) is 5.58. The summed E-state index contributed by atoms with van der Waals surface area (Å²) in [4.78, 5) is 17.9. The maximum atomic E-state index is 13.3. The van der Waals surface area contributed by atoms with Crippen LogP contribution in [0.1, 0.15) is 67.7 Å². The van der Waals surface area contributed by atoms with Crippen molar-refractivity contribution in [3.63, 3.8) is 0 Å². The number of likely N-dealkylation sites (tertiary alicyclic amines) is 1. The van der Waals surface area contributed by atoms with Crippen molar-refractivity contribution in [1.29, 1.82) is 0 Å². The molecule has 0 atom stereocenters. The fraction of sp³-hybridized carbons (Fsp3) is 0.519. The van der Waals surface area contributed by atoms with Gasteiger partial charge in [-0.05, 0) is 94.3 Å². The molecule has 1 fully saturated rings. The average Bonchev–Trinajstić information content (AvgIpc) is 2.73. The van der Waals surface area contributed by atoms with Crippen LogP contribution in [0, 0.1) is 0 Å². The molecule has 2 aliphatic heterocycles. The van der Waals surface area contributed by atoms with Crippen LogP contribution in [0.25, 0.3) is 0 Å². The zero-order chi connectivity index (χ0) is 21.1. The Morgan fingerprint density at radius 2 is 1.77 bits per heavy atom. The second-order valence-electron chi connectivity index (χ2n) is 9.87. The van der Waals surface area contributed by atoms with E-state index in [-0.39, 0.29) is 5.54 Å². The van der Waals surface area contributed by atoms with Gasteiger partial charge in [0, 0.05) is 18.5 Å². The highest BCUT2D eigenvalue weighted by molar-refractivity contribution is 5.77. The van der Waals surface area contributed by atoms with E-state index >= 15 is 0 Å². The molecule has 0 unspecified atom stereocenters. The van der Waals surface area contributed by atoms with Crippen LogP contribution in [0.15, 0.2) is 48.5 Å². The Morgan fingerprint density at radius 1 is 1.03 bits per heavy atom. The van der Waals surface area contributed by atoms with Crippen molar-refractivity contribution in [2.75, 3.05) is 20.1 Å². The smallest absolute Gasteiger partial charge is 0.223 e. The molecule has 0 aromatic heterocycles. The number of hydrogen-bond acceptors (Lipinski definition) is 2. The van der Waals surface area contributed by atoms with Crippen LogP contribution >= 0.6 is 0 Å². The first-order valence-corrected chi connectivity index (χ1v) is 11.6. The van der Waals surface area contributed by atoms with Gasteiger partial charge in [0.05, 0.1) is 0 Å². The first-order valence-electron chi connectivity index (χ1n) is 11.6. The molecular weight excluding hydrogens is 368 g/mol. The van der Waals surface area contributed by atoms with Gasteiger partial charge in [0.1, 0.15) is 0 Å². The molecule has 30 heavy (non-hydrogen) atoms. The lowest BCUT2D eigenvalue weighted by atomic mass is 9.79. The topological polar surface area (TPSA) is 23.6 Å². The molecule has 2 heterocycles. The highest BCUT2D eigenvalue weighted by Gasteiger charge is 2.37. The first-order chi connectivity index (χ1) is 14.4. The van der Waals surface area contributed by atoms with E-state index in [1.807, 2.05) is 6.07 Å². The van der Waals surface area contributed by atoms with Crippen molar-refractivity contribution >= 4 is 5.91 Å². The Kier molecular flexibility index (Phi) is 6.29. The normalized spacial score (nSPS) is 19.5. The fourth-order valence-corrected chi connectivity index (χ4v) is 5.30. The van der Waals surface area contributed by atoms with Gasteiger partial charge in [0.25, 0.3) is 0 Å². The van der Waals surface area contributed by atoms with Gasteiger partial charge in [-0.2, -0.15) is 0 Å². The van der Waals surface area contributed by atoms with Crippen LogP contribution in [0.2, 0.25) is 0 Å². The van der Waals surface area contributed by atoms with Gasteiger partial charge in [-0.25, -0.2) is 0 Å². The van der Waals surface area contributed by atoms with Crippen LogP contribution in [0.4, 0.5) is 0 Å². The van der Waals surface area contributed by atoms with Crippen LogP contribution in [-0.4, -0.2) is 41.4 Å². The van der Waals surface area contributed by atoms with Gasteiger partial charge in [0.15, 0.2) is 0 Å². The minimum absolute atomic E-state index is 0.123. The molecule has 2 aromatic rings. The summed E-state index contributed by atoms with van der Waals surface area (Å²) in [5, 5.41) is 0. The Morgan fingerprint density at radius 3 is 2.50 bits per heavy atom. The lowest BCUT2D eigenvalue weighted by Crippen LogP contribution is -2.51. The standard InChI is InChI=1S/C27H36N2O/c1-27(2)19-23-12-8-13-24(22-15-17-28(3)18-16-22)25(23)20-29(27)26(30)14-7-11-21-9-5-4-6-10-21/h4-6,8-10,12-13,22H,7,11,14-20H2,1-3H3. The molecular formula is C27H36N2O. The maximum Gasteiger partial charge on any atom is 0.223 e. The van der Waals surface area contributed by atoms with E-state index in [0.29, 0.717) is 18.2 Å². The molecule has 0 aliphatic carbocycles. The van der Waals surface area contributed by atoms with E-state index in [1.54, 1.807) is 0 Å². The van der Waals surface area contributed by atoms with Crippen molar-refractivity contribution in [2.24, 2.45) is 0 Å². The highest BCUT2D eigenvalue weighted by Crippen LogP contribution is 2.38. The first kappa shape index (κ1) is 21.1. The summed E-state index contributed by atoms with van der Waals surface area (Å²) in [7, 11) is 2.22. The van der Waals surface area contributed by atoms with Gasteiger partial charge in [-0.1, -0.05) is 48.5 Å². The number of carbonyl (C=O) groups excluding carboxylic acids is 1. The zero-order valence-electron chi connectivity index (χ0n) is 18.9. The van der Waals surface area contributed by atoms with Crippen molar-refractivity contribution < 1.29 is 4.79 Å². The van der Waals surface area contributed by atoms with Gasteiger partial charge in [-0.15, -0.1) is 0 Å². The van der Waals surface area contributed by atoms with Crippen LogP contribution < -0.4 is 0 Å². The number of piperidine rings is 1. The molecule has 0 radical (unpaired) electrons. The molecule has 0 N–H and O–H groups in total. The van der Waals surface area contributed by atoms with Crippen molar-refractivity contribution in [3.8, 4) is 0 Å². The van der Waals surface area contributed by atoms with Crippen molar-refractivity contribution in [3.05, 3.63) is 70.8 Å². The van der Waals surface area contributed by atoms with Gasteiger partial charge >= 0.3 is 0 Å². The molecule has 160 valence electrons. The Bertz CT molecular complexity index is 866. The highest BCUT2D eigenvalue weighted by atomic mass is 16.2. The summed E-state index contributed by atoms with van der Waals surface area (Å²) >= 11 is 0. The minimum atomic E-state index is -0.123. The third-order valence-corrected chi connectivity index (χ3v) is 7.14. The fourth-order valence-electron chi connectivity index (χ4n) is 5.30. The minimum Gasteiger partial charge on any atom is -0.333 e. The lowest BCUT2D eigenvalue weighted by Gasteiger charge is -2.45. The lowest BCUT2D eigenvalue weighted by molar-refractivity contribution is -0.138. The third kappa shape index (κ3) is 4.62. The summed E-state index contributed by atoms with van der Waals surface area (Å²) in [6.45, 7) is 7.57. The second kappa shape index (κ2) is 8.93. The number of amides is 1. The quantitative estimate of drug-likeness (QED) is 0.685. The molecule has 1 saturated heterocycles.